The number of hydrogen-bond donors (Lipinski definition) is 1. The fourth-order valence-corrected chi connectivity index (χ4v) is 3.62. The maximum absolute atomic E-state index is 11.6. The molecule has 98 valence electrons. The molecule has 17 heavy (non-hydrogen) atoms. The Morgan fingerprint density at radius 3 is 2.47 bits per heavy atom. The van der Waals surface area contributed by atoms with Crippen LogP contribution in [0.25, 0.3) is 0 Å². The van der Waals surface area contributed by atoms with E-state index in [1.165, 1.54) is 38.5 Å². The third kappa shape index (κ3) is 2.66. The van der Waals surface area contributed by atoms with Crippen LogP contribution in [0.4, 0.5) is 0 Å². The summed E-state index contributed by atoms with van der Waals surface area (Å²) in [6.07, 6.45) is 9.29. The van der Waals surface area contributed by atoms with E-state index in [2.05, 4.69) is 26.1 Å². The minimum atomic E-state index is 0.176. The number of piperidine rings is 1. The van der Waals surface area contributed by atoms with Crippen LogP contribution in [0.2, 0.25) is 0 Å². The van der Waals surface area contributed by atoms with E-state index in [1.807, 2.05) is 0 Å². The Hall–Kier alpha value is -0.530. The van der Waals surface area contributed by atoms with Crippen molar-refractivity contribution < 1.29 is 4.79 Å². The predicted octanol–water partition coefficient (Wildman–Crippen LogP) is 3.65. The number of carbonyl (C=O) groups excluding carboxylic acids is 1. The van der Waals surface area contributed by atoms with Crippen molar-refractivity contribution in [2.75, 3.05) is 0 Å². The predicted molar refractivity (Wildman–Crippen MR) is 70.8 cm³/mol. The number of hydrogen-bond acceptors (Lipinski definition) is 1. The maximum atomic E-state index is 11.6. The van der Waals surface area contributed by atoms with Crippen molar-refractivity contribution >= 4 is 5.91 Å². The van der Waals surface area contributed by atoms with Crippen molar-refractivity contribution in [2.45, 2.75) is 77.7 Å². The summed E-state index contributed by atoms with van der Waals surface area (Å²) >= 11 is 0. The molecule has 1 saturated heterocycles. The molecule has 0 atom stereocenters. The molecule has 1 N–H and O–H groups in total. The molecule has 2 fully saturated rings. The molecule has 0 aromatic carbocycles. The molecule has 1 aliphatic carbocycles. The Bertz CT molecular complexity index is 287. The standard InChI is InChI=1S/C15H27NO/c1-4-14(2,3)12-7-10-15(11-8-12)9-5-6-13(17)16-15/h12H,4-11H2,1-3H3,(H,16,17). The summed E-state index contributed by atoms with van der Waals surface area (Å²) in [5, 5.41) is 3.28. The molecule has 0 unspecified atom stereocenters. The number of nitrogens with one attached hydrogen (secondary N) is 1. The molecule has 2 aliphatic rings. The van der Waals surface area contributed by atoms with Gasteiger partial charge in [-0.15, -0.1) is 0 Å². The fraction of sp³-hybridized carbons (Fsp3) is 0.933. The average molecular weight is 237 g/mol. The minimum absolute atomic E-state index is 0.176. The second kappa shape index (κ2) is 4.62. The third-order valence-electron chi connectivity index (χ3n) is 5.42. The largest absolute Gasteiger partial charge is 0.351 e. The van der Waals surface area contributed by atoms with Crippen LogP contribution in [0.3, 0.4) is 0 Å². The van der Waals surface area contributed by atoms with Gasteiger partial charge in [-0.05, 0) is 49.9 Å². The Labute approximate surface area is 106 Å². The van der Waals surface area contributed by atoms with Crippen LogP contribution >= 0.6 is 0 Å². The van der Waals surface area contributed by atoms with Gasteiger partial charge in [0, 0.05) is 12.0 Å². The molecule has 0 radical (unpaired) electrons. The highest BCUT2D eigenvalue weighted by Gasteiger charge is 2.41. The third-order valence-corrected chi connectivity index (χ3v) is 5.42. The zero-order valence-corrected chi connectivity index (χ0v) is 11.6. The van der Waals surface area contributed by atoms with Gasteiger partial charge in [0.15, 0.2) is 0 Å². The molecular weight excluding hydrogens is 210 g/mol. The molecule has 1 amide bonds. The normalized spacial score (nSPS) is 34.8. The summed E-state index contributed by atoms with van der Waals surface area (Å²) in [5.41, 5.74) is 0.649. The zero-order chi connectivity index (χ0) is 12.5. The Kier molecular flexibility index (Phi) is 3.51. The van der Waals surface area contributed by atoms with Gasteiger partial charge in [0.2, 0.25) is 5.91 Å². The monoisotopic (exact) mass is 237 g/mol. The quantitative estimate of drug-likeness (QED) is 0.780. The van der Waals surface area contributed by atoms with E-state index in [1.54, 1.807) is 0 Å². The van der Waals surface area contributed by atoms with E-state index in [-0.39, 0.29) is 11.4 Å². The number of rotatable bonds is 2. The molecular formula is C15H27NO. The maximum Gasteiger partial charge on any atom is 0.220 e. The van der Waals surface area contributed by atoms with Crippen LogP contribution in [0.1, 0.15) is 72.1 Å². The van der Waals surface area contributed by atoms with Crippen LogP contribution in [-0.4, -0.2) is 11.4 Å². The van der Waals surface area contributed by atoms with Crippen molar-refractivity contribution in [3.8, 4) is 0 Å². The first-order chi connectivity index (χ1) is 7.97. The van der Waals surface area contributed by atoms with Crippen molar-refractivity contribution in [1.29, 1.82) is 0 Å². The highest BCUT2D eigenvalue weighted by atomic mass is 16.1. The molecule has 0 bridgehead atoms. The van der Waals surface area contributed by atoms with E-state index >= 15 is 0 Å². The van der Waals surface area contributed by atoms with Crippen molar-refractivity contribution in [3.05, 3.63) is 0 Å². The number of carbonyl (C=O) groups is 1. The molecule has 2 rings (SSSR count). The molecule has 1 heterocycles. The van der Waals surface area contributed by atoms with Gasteiger partial charge < -0.3 is 5.32 Å². The Morgan fingerprint density at radius 1 is 1.29 bits per heavy atom. The minimum Gasteiger partial charge on any atom is -0.351 e. The first-order valence-electron chi connectivity index (χ1n) is 7.28. The Balaban J connectivity index is 1.95. The lowest BCUT2D eigenvalue weighted by Gasteiger charge is -2.47. The van der Waals surface area contributed by atoms with Crippen molar-refractivity contribution in [1.82, 2.24) is 5.32 Å². The lowest BCUT2D eigenvalue weighted by molar-refractivity contribution is -0.126. The lowest BCUT2D eigenvalue weighted by atomic mass is 9.64. The summed E-state index contributed by atoms with van der Waals surface area (Å²) in [7, 11) is 0. The van der Waals surface area contributed by atoms with E-state index in [0.29, 0.717) is 5.41 Å². The smallest absolute Gasteiger partial charge is 0.220 e. The summed E-state index contributed by atoms with van der Waals surface area (Å²) in [4.78, 5) is 11.6. The van der Waals surface area contributed by atoms with E-state index < -0.39 is 0 Å². The van der Waals surface area contributed by atoms with Crippen LogP contribution in [0, 0.1) is 11.3 Å². The van der Waals surface area contributed by atoms with Gasteiger partial charge >= 0.3 is 0 Å². The second-order valence-electron chi connectivity index (χ2n) is 6.80. The molecule has 2 heteroatoms. The van der Waals surface area contributed by atoms with E-state index in [4.69, 9.17) is 0 Å². The summed E-state index contributed by atoms with van der Waals surface area (Å²) in [6, 6.07) is 0. The SMILES string of the molecule is CCC(C)(C)C1CCC2(CCCC(=O)N2)CC1. The van der Waals surface area contributed by atoms with E-state index in [9.17, 15) is 4.79 Å². The van der Waals surface area contributed by atoms with Crippen LogP contribution in [0.5, 0.6) is 0 Å². The van der Waals surface area contributed by atoms with Gasteiger partial charge in [0.05, 0.1) is 0 Å². The Morgan fingerprint density at radius 2 is 1.94 bits per heavy atom. The molecule has 1 saturated carbocycles. The average Bonchev–Trinajstić information content (AvgIpc) is 2.29. The molecule has 1 spiro atoms. The van der Waals surface area contributed by atoms with Gasteiger partial charge in [-0.1, -0.05) is 27.2 Å². The molecule has 1 aliphatic heterocycles. The summed E-state index contributed by atoms with van der Waals surface area (Å²) in [6.45, 7) is 7.09. The number of amides is 1. The summed E-state index contributed by atoms with van der Waals surface area (Å²) in [5.74, 6) is 1.13. The van der Waals surface area contributed by atoms with Crippen LogP contribution in [-0.2, 0) is 4.79 Å². The van der Waals surface area contributed by atoms with E-state index in [0.717, 1.165) is 18.8 Å². The molecule has 0 aromatic heterocycles. The van der Waals surface area contributed by atoms with Gasteiger partial charge in [-0.2, -0.15) is 0 Å². The highest BCUT2D eigenvalue weighted by molar-refractivity contribution is 5.77. The van der Waals surface area contributed by atoms with Gasteiger partial charge in [0.1, 0.15) is 0 Å². The van der Waals surface area contributed by atoms with Gasteiger partial charge in [-0.25, -0.2) is 0 Å². The van der Waals surface area contributed by atoms with Crippen LogP contribution < -0.4 is 5.32 Å². The van der Waals surface area contributed by atoms with Crippen molar-refractivity contribution in [2.24, 2.45) is 11.3 Å². The molecule has 0 aromatic rings. The topological polar surface area (TPSA) is 29.1 Å². The second-order valence-corrected chi connectivity index (χ2v) is 6.80. The fourth-order valence-electron chi connectivity index (χ4n) is 3.62. The van der Waals surface area contributed by atoms with Gasteiger partial charge in [-0.3, -0.25) is 4.79 Å². The van der Waals surface area contributed by atoms with Crippen molar-refractivity contribution in [3.63, 3.8) is 0 Å². The molecule has 2 nitrogen and oxygen atoms in total. The first-order valence-corrected chi connectivity index (χ1v) is 7.28. The zero-order valence-electron chi connectivity index (χ0n) is 11.6. The first kappa shape index (κ1) is 12.9. The lowest BCUT2D eigenvalue weighted by Crippen LogP contribution is -2.54. The summed E-state index contributed by atoms with van der Waals surface area (Å²) < 4.78 is 0. The highest BCUT2D eigenvalue weighted by Crippen LogP contribution is 2.45. The van der Waals surface area contributed by atoms with Crippen LogP contribution in [0.15, 0.2) is 0 Å². The van der Waals surface area contributed by atoms with Gasteiger partial charge in [0.25, 0.3) is 0 Å².